The van der Waals surface area contributed by atoms with Crippen LogP contribution in [-0.2, 0) is 12.2 Å². The topological polar surface area (TPSA) is 46.1 Å². The number of likely N-dealkylation sites (N-methyl/N-ethyl adjacent to an activating group) is 1. The van der Waals surface area contributed by atoms with Crippen LogP contribution in [0.15, 0.2) is 78.2 Å². The van der Waals surface area contributed by atoms with Crippen molar-refractivity contribution < 1.29 is 4.79 Å². The second-order valence-corrected chi connectivity index (χ2v) is 6.98. The minimum Gasteiger partial charge on any atom is -0.341 e. The number of carbonyl (C=O) groups is 1. The molecule has 0 aliphatic rings. The van der Waals surface area contributed by atoms with Crippen molar-refractivity contribution in [2.75, 3.05) is 13.6 Å². The number of hydrogen-bond acceptors (Lipinski definition) is 4. The number of hydrogen-bond donors (Lipinski definition) is 0. The van der Waals surface area contributed by atoms with Crippen LogP contribution in [0.2, 0.25) is 0 Å². The summed E-state index contributed by atoms with van der Waals surface area (Å²) in [5.41, 5.74) is 3.08. The van der Waals surface area contributed by atoms with Gasteiger partial charge >= 0.3 is 0 Å². The van der Waals surface area contributed by atoms with Crippen LogP contribution in [-0.4, -0.2) is 34.4 Å². The summed E-state index contributed by atoms with van der Waals surface area (Å²) >= 11 is 1.69. The van der Waals surface area contributed by atoms with E-state index in [0.29, 0.717) is 12.1 Å². The summed E-state index contributed by atoms with van der Waals surface area (Å²) < 4.78 is 0. The minimum absolute atomic E-state index is 0.0444. The molecule has 4 nitrogen and oxygen atoms in total. The van der Waals surface area contributed by atoms with Crippen LogP contribution in [0.4, 0.5) is 0 Å². The van der Waals surface area contributed by atoms with Gasteiger partial charge in [0.25, 0.3) is 5.91 Å². The van der Waals surface area contributed by atoms with Gasteiger partial charge < -0.3 is 4.90 Å². The van der Waals surface area contributed by atoms with Crippen molar-refractivity contribution >= 4 is 17.7 Å². The Morgan fingerprint density at radius 1 is 0.962 bits per heavy atom. The van der Waals surface area contributed by atoms with Crippen molar-refractivity contribution in [1.82, 2.24) is 14.9 Å². The van der Waals surface area contributed by atoms with Gasteiger partial charge in [-0.25, -0.2) is 4.98 Å². The maximum atomic E-state index is 12.6. The van der Waals surface area contributed by atoms with Crippen LogP contribution in [0, 0.1) is 0 Å². The molecule has 0 bridgehead atoms. The molecule has 26 heavy (non-hydrogen) atoms. The predicted octanol–water partition coefficient (Wildman–Crippen LogP) is 4.08. The molecule has 0 radical (unpaired) electrons. The Labute approximate surface area is 158 Å². The lowest BCUT2D eigenvalue weighted by Crippen LogP contribution is -2.28. The Balaban J connectivity index is 1.52. The lowest BCUT2D eigenvalue weighted by Gasteiger charge is -2.17. The number of pyridine rings is 2. The summed E-state index contributed by atoms with van der Waals surface area (Å²) in [6, 6.07) is 17.7. The lowest BCUT2D eigenvalue weighted by atomic mass is 10.1. The van der Waals surface area contributed by atoms with Crippen molar-refractivity contribution in [1.29, 1.82) is 0 Å². The number of carbonyl (C=O) groups excluding carboxylic acids is 1. The average molecular weight is 363 g/mol. The van der Waals surface area contributed by atoms with E-state index in [2.05, 4.69) is 9.97 Å². The molecule has 5 heteroatoms. The Morgan fingerprint density at radius 3 is 2.42 bits per heavy atom. The maximum Gasteiger partial charge on any atom is 0.253 e. The van der Waals surface area contributed by atoms with E-state index in [1.165, 1.54) is 11.1 Å². The number of aromatic nitrogens is 2. The third-order valence-electron chi connectivity index (χ3n) is 4.06. The molecule has 1 aromatic carbocycles. The van der Waals surface area contributed by atoms with Gasteiger partial charge in [-0.1, -0.05) is 18.2 Å². The first-order valence-electron chi connectivity index (χ1n) is 8.49. The third kappa shape index (κ3) is 5.17. The molecule has 0 aliphatic carbocycles. The van der Waals surface area contributed by atoms with Gasteiger partial charge in [-0.05, 0) is 53.9 Å². The largest absolute Gasteiger partial charge is 0.341 e. The Hall–Kier alpha value is -2.66. The summed E-state index contributed by atoms with van der Waals surface area (Å²) in [4.78, 5) is 22.6. The molecule has 0 saturated heterocycles. The second-order valence-electron chi connectivity index (χ2n) is 5.99. The van der Waals surface area contributed by atoms with E-state index in [1.807, 2.05) is 61.6 Å². The normalized spacial score (nSPS) is 10.5. The van der Waals surface area contributed by atoms with E-state index >= 15 is 0 Å². The van der Waals surface area contributed by atoms with Crippen LogP contribution >= 0.6 is 11.8 Å². The van der Waals surface area contributed by atoms with Crippen molar-refractivity contribution in [2.24, 2.45) is 0 Å². The molecule has 3 aromatic rings. The second kappa shape index (κ2) is 9.15. The molecular weight excluding hydrogens is 342 g/mol. The Bertz CT molecular complexity index is 823. The molecule has 0 fully saturated rings. The van der Waals surface area contributed by atoms with E-state index in [-0.39, 0.29) is 5.91 Å². The molecule has 0 unspecified atom stereocenters. The zero-order valence-corrected chi connectivity index (χ0v) is 15.5. The smallest absolute Gasteiger partial charge is 0.253 e. The van der Waals surface area contributed by atoms with E-state index < -0.39 is 0 Å². The SMILES string of the molecule is CN(CCc1ccncc1)C(=O)c1ccc(CSc2ccccn2)cc1. The first-order valence-corrected chi connectivity index (χ1v) is 9.48. The van der Waals surface area contributed by atoms with E-state index in [0.717, 1.165) is 17.2 Å². The fourth-order valence-electron chi connectivity index (χ4n) is 2.50. The summed E-state index contributed by atoms with van der Waals surface area (Å²) in [7, 11) is 1.84. The molecule has 0 atom stereocenters. The molecule has 2 heterocycles. The molecule has 2 aromatic heterocycles. The molecule has 1 amide bonds. The van der Waals surface area contributed by atoms with Crippen molar-refractivity contribution in [3.63, 3.8) is 0 Å². The minimum atomic E-state index is 0.0444. The van der Waals surface area contributed by atoms with E-state index in [9.17, 15) is 4.79 Å². The summed E-state index contributed by atoms with van der Waals surface area (Å²) in [6.07, 6.45) is 6.17. The van der Waals surface area contributed by atoms with Gasteiger partial charge in [-0.3, -0.25) is 9.78 Å². The van der Waals surface area contributed by atoms with Gasteiger partial charge in [0.2, 0.25) is 0 Å². The van der Waals surface area contributed by atoms with E-state index in [1.54, 1.807) is 35.3 Å². The van der Waals surface area contributed by atoms with Gasteiger partial charge in [-0.2, -0.15) is 0 Å². The highest BCUT2D eigenvalue weighted by molar-refractivity contribution is 7.98. The number of benzene rings is 1. The van der Waals surface area contributed by atoms with Gasteiger partial charge in [0.1, 0.15) is 0 Å². The van der Waals surface area contributed by atoms with Crippen molar-refractivity contribution in [2.45, 2.75) is 17.2 Å². The third-order valence-corrected chi connectivity index (χ3v) is 5.07. The fourth-order valence-corrected chi connectivity index (χ4v) is 3.32. The Morgan fingerprint density at radius 2 is 1.73 bits per heavy atom. The molecule has 0 aliphatic heterocycles. The molecule has 0 N–H and O–H groups in total. The molecule has 3 rings (SSSR count). The highest BCUT2D eigenvalue weighted by Gasteiger charge is 2.11. The monoisotopic (exact) mass is 363 g/mol. The predicted molar refractivity (Wildman–Crippen MR) is 105 cm³/mol. The van der Waals surface area contributed by atoms with Gasteiger partial charge in [0.15, 0.2) is 0 Å². The first-order chi connectivity index (χ1) is 12.7. The van der Waals surface area contributed by atoms with Gasteiger partial charge in [0, 0.05) is 43.5 Å². The number of rotatable bonds is 7. The zero-order valence-electron chi connectivity index (χ0n) is 14.7. The van der Waals surface area contributed by atoms with Crippen molar-refractivity contribution in [3.05, 3.63) is 89.9 Å². The average Bonchev–Trinajstić information content (AvgIpc) is 2.72. The molecule has 0 spiro atoms. The fraction of sp³-hybridized carbons (Fsp3) is 0.190. The number of thioether (sulfide) groups is 1. The zero-order chi connectivity index (χ0) is 18.2. The van der Waals surface area contributed by atoms with Crippen LogP contribution in [0.1, 0.15) is 21.5 Å². The quantitative estimate of drug-likeness (QED) is 0.593. The Kier molecular flexibility index (Phi) is 6.39. The van der Waals surface area contributed by atoms with Crippen LogP contribution in [0.25, 0.3) is 0 Å². The number of amides is 1. The van der Waals surface area contributed by atoms with Crippen LogP contribution in [0.3, 0.4) is 0 Å². The standard InChI is InChI=1S/C21H21N3OS/c1-24(15-11-17-9-13-22-14-10-17)21(25)19-7-5-18(6-8-19)16-26-20-4-2-3-12-23-20/h2-10,12-14H,11,15-16H2,1H3. The van der Waals surface area contributed by atoms with Gasteiger partial charge in [-0.15, -0.1) is 11.8 Å². The van der Waals surface area contributed by atoms with Crippen LogP contribution in [0.5, 0.6) is 0 Å². The summed E-state index contributed by atoms with van der Waals surface area (Å²) in [6.45, 7) is 0.681. The molecule has 0 saturated carbocycles. The molecular formula is C21H21N3OS. The van der Waals surface area contributed by atoms with Gasteiger partial charge in [0.05, 0.1) is 5.03 Å². The van der Waals surface area contributed by atoms with E-state index in [4.69, 9.17) is 0 Å². The lowest BCUT2D eigenvalue weighted by molar-refractivity contribution is 0.0796. The number of nitrogens with zero attached hydrogens (tertiary/aromatic N) is 3. The highest BCUT2D eigenvalue weighted by atomic mass is 32.2. The maximum absolute atomic E-state index is 12.6. The summed E-state index contributed by atoms with van der Waals surface area (Å²) in [5.74, 6) is 0.881. The summed E-state index contributed by atoms with van der Waals surface area (Å²) in [5, 5.41) is 1.00. The first kappa shape index (κ1) is 18.1. The van der Waals surface area contributed by atoms with Crippen molar-refractivity contribution in [3.8, 4) is 0 Å². The van der Waals surface area contributed by atoms with Crippen LogP contribution < -0.4 is 0 Å². The highest BCUT2D eigenvalue weighted by Crippen LogP contribution is 2.20. The molecule has 132 valence electrons.